The van der Waals surface area contributed by atoms with Gasteiger partial charge in [0.1, 0.15) is 6.04 Å². The molecule has 0 aliphatic carbocycles. The summed E-state index contributed by atoms with van der Waals surface area (Å²) in [7, 11) is 3.29. The van der Waals surface area contributed by atoms with E-state index in [9.17, 15) is 14.4 Å². The Labute approximate surface area is 196 Å². The molecule has 1 rings (SSSR count). The van der Waals surface area contributed by atoms with Gasteiger partial charge in [0, 0.05) is 30.3 Å². The molecule has 1 aromatic rings. The lowest BCUT2D eigenvalue weighted by Crippen LogP contribution is -2.60. The molecule has 0 spiro atoms. The van der Waals surface area contributed by atoms with Crippen molar-refractivity contribution in [1.29, 1.82) is 0 Å². The maximum Gasteiger partial charge on any atom is 0.331 e. The van der Waals surface area contributed by atoms with E-state index in [4.69, 9.17) is 10.9 Å². The lowest BCUT2D eigenvalue weighted by atomic mass is 9.76. The maximum absolute atomic E-state index is 13.4. The van der Waals surface area contributed by atoms with E-state index in [2.05, 4.69) is 16.1 Å². The molecule has 0 radical (unpaired) electrons. The molecule has 9 nitrogen and oxygen atoms in total. The van der Waals surface area contributed by atoms with Gasteiger partial charge in [0.2, 0.25) is 11.8 Å². The number of hydrazine groups is 1. The first-order valence-electron chi connectivity index (χ1n) is 10.9. The normalized spacial score (nSPS) is 14.3. The van der Waals surface area contributed by atoms with Crippen molar-refractivity contribution in [2.24, 2.45) is 11.3 Å². The zero-order chi connectivity index (χ0) is 25.6. The Morgan fingerprint density at radius 1 is 1.15 bits per heavy atom. The monoisotopic (exact) mass is 461 g/mol. The average molecular weight is 462 g/mol. The lowest BCUT2D eigenvalue weighted by molar-refractivity contribution is -0.139. The predicted octanol–water partition coefficient (Wildman–Crippen LogP) is 1.86. The number of nitrogen functional groups attached to an aromatic ring is 1. The lowest BCUT2D eigenvalue weighted by Gasteiger charge is -2.38. The van der Waals surface area contributed by atoms with Crippen LogP contribution in [0.4, 0.5) is 5.69 Å². The predicted molar refractivity (Wildman–Crippen MR) is 131 cm³/mol. The number of aliphatic carboxylic acids is 1. The van der Waals surface area contributed by atoms with Gasteiger partial charge in [-0.1, -0.05) is 52.8 Å². The average Bonchev–Trinajstić information content (AvgIpc) is 2.74. The van der Waals surface area contributed by atoms with E-state index in [0.29, 0.717) is 0 Å². The van der Waals surface area contributed by atoms with E-state index in [-0.39, 0.29) is 23.9 Å². The van der Waals surface area contributed by atoms with Gasteiger partial charge < -0.3 is 26.1 Å². The SMILES string of the molecule is CNC(C(=O)NC(C(=O)N(C)C/C=C(\C)C(=O)O)C(C)(C)C)C(C)(C)c1cccc(NN)c1. The Bertz CT molecular complexity index is 889. The molecule has 0 saturated carbocycles. The minimum absolute atomic E-state index is 0.124. The minimum Gasteiger partial charge on any atom is -0.478 e. The molecule has 0 heterocycles. The molecule has 0 aromatic heterocycles. The third-order valence-electron chi connectivity index (χ3n) is 5.83. The van der Waals surface area contributed by atoms with E-state index >= 15 is 0 Å². The summed E-state index contributed by atoms with van der Waals surface area (Å²) in [5, 5.41) is 15.1. The number of amides is 2. The fourth-order valence-electron chi connectivity index (χ4n) is 3.54. The van der Waals surface area contributed by atoms with Gasteiger partial charge >= 0.3 is 5.97 Å². The Hall–Kier alpha value is -2.91. The van der Waals surface area contributed by atoms with Gasteiger partial charge in [0.05, 0.1) is 6.04 Å². The second-order valence-corrected chi connectivity index (χ2v) is 9.89. The third-order valence-corrected chi connectivity index (χ3v) is 5.83. The Balaban J connectivity index is 3.16. The van der Waals surface area contributed by atoms with Gasteiger partial charge in [-0.05, 0) is 37.1 Å². The van der Waals surface area contributed by atoms with Crippen molar-refractivity contribution in [3.05, 3.63) is 41.5 Å². The van der Waals surface area contributed by atoms with E-state index in [1.54, 1.807) is 14.1 Å². The van der Waals surface area contributed by atoms with Crippen molar-refractivity contribution < 1.29 is 19.5 Å². The summed E-state index contributed by atoms with van der Waals surface area (Å²) in [6.07, 6.45) is 1.47. The molecular formula is C24H39N5O4. The Morgan fingerprint density at radius 2 is 1.76 bits per heavy atom. The maximum atomic E-state index is 13.4. The number of nitrogens with two attached hydrogens (primary N) is 1. The molecule has 0 saturated heterocycles. The van der Waals surface area contributed by atoms with Crippen molar-refractivity contribution >= 4 is 23.5 Å². The summed E-state index contributed by atoms with van der Waals surface area (Å²) >= 11 is 0. The number of benzene rings is 1. The van der Waals surface area contributed by atoms with Crippen LogP contribution in [0.25, 0.3) is 0 Å². The van der Waals surface area contributed by atoms with E-state index in [1.807, 2.05) is 58.9 Å². The van der Waals surface area contributed by atoms with Gasteiger partial charge in [-0.2, -0.15) is 0 Å². The van der Waals surface area contributed by atoms with Crippen molar-refractivity contribution in [1.82, 2.24) is 15.5 Å². The molecule has 2 atom stereocenters. The van der Waals surface area contributed by atoms with E-state index < -0.39 is 28.9 Å². The fourth-order valence-corrected chi connectivity index (χ4v) is 3.54. The zero-order valence-corrected chi connectivity index (χ0v) is 20.9. The van der Waals surface area contributed by atoms with Gasteiger partial charge in [0.15, 0.2) is 0 Å². The quantitative estimate of drug-likeness (QED) is 0.204. The standard InChI is InChI=1S/C24H39N5O4/c1-15(22(32)33)12-13-29(8)21(31)19(23(2,3)4)27-20(30)18(26-7)24(5,6)16-10-9-11-17(14-16)28-25/h9-12,14,18-19,26,28H,13,25H2,1-8H3,(H,27,30)(H,32,33)/b15-12+. The fraction of sp³-hybridized carbons (Fsp3) is 0.542. The number of carbonyl (C=O) groups is 3. The number of rotatable bonds is 10. The van der Waals surface area contributed by atoms with Crippen LogP contribution in [0.5, 0.6) is 0 Å². The van der Waals surface area contributed by atoms with Gasteiger partial charge in [-0.25, -0.2) is 4.79 Å². The van der Waals surface area contributed by atoms with E-state index in [1.165, 1.54) is 17.9 Å². The largest absolute Gasteiger partial charge is 0.478 e. The van der Waals surface area contributed by atoms with Crippen LogP contribution in [0.3, 0.4) is 0 Å². The van der Waals surface area contributed by atoms with Crippen molar-refractivity contribution in [2.75, 3.05) is 26.1 Å². The summed E-state index contributed by atoms with van der Waals surface area (Å²) in [5.74, 6) is 3.89. The molecule has 2 amide bonds. The van der Waals surface area contributed by atoms with Crippen molar-refractivity contribution in [2.45, 2.75) is 59.0 Å². The number of carboxylic acid groups (broad SMARTS) is 1. The van der Waals surface area contributed by atoms with Crippen molar-refractivity contribution in [3.8, 4) is 0 Å². The second kappa shape index (κ2) is 11.3. The van der Waals surface area contributed by atoms with Gasteiger partial charge in [0.25, 0.3) is 0 Å². The van der Waals surface area contributed by atoms with Crippen LogP contribution in [0, 0.1) is 5.41 Å². The number of hydrogen-bond donors (Lipinski definition) is 5. The number of hydrogen-bond acceptors (Lipinski definition) is 6. The first-order valence-corrected chi connectivity index (χ1v) is 10.9. The topological polar surface area (TPSA) is 137 Å². The highest BCUT2D eigenvalue weighted by atomic mass is 16.4. The molecule has 0 aliphatic rings. The molecule has 6 N–H and O–H groups in total. The number of nitrogens with one attached hydrogen (secondary N) is 3. The first-order chi connectivity index (χ1) is 15.2. The number of carboxylic acids is 1. The second-order valence-electron chi connectivity index (χ2n) is 9.89. The van der Waals surface area contributed by atoms with Crippen LogP contribution in [-0.4, -0.2) is 60.5 Å². The molecule has 1 aromatic carbocycles. The highest BCUT2D eigenvalue weighted by Crippen LogP contribution is 2.30. The van der Waals surface area contributed by atoms with Crippen LogP contribution in [0.2, 0.25) is 0 Å². The molecular weight excluding hydrogens is 422 g/mol. The van der Waals surface area contributed by atoms with Gasteiger partial charge in [-0.3, -0.25) is 15.4 Å². The number of nitrogens with zero attached hydrogens (tertiary/aromatic N) is 1. The number of carbonyl (C=O) groups excluding carboxylic acids is 2. The number of likely N-dealkylation sites (N-methyl/N-ethyl adjacent to an activating group) is 2. The zero-order valence-electron chi connectivity index (χ0n) is 20.9. The Morgan fingerprint density at radius 3 is 2.24 bits per heavy atom. The first kappa shape index (κ1) is 28.1. The molecule has 2 unspecified atom stereocenters. The van der Waals surface area contributed by atoms with Crippen LogP contribution < -0.4 is 21.9 Å². The summed E-state index contributed by atoms with van der Waals surface area (Å²) in [6, 6.07) is 6.06. The van der Waals surface area contributed by atoms with Crippen LogP contribution in [0.1, 0.15) is 47.1 Å². The van der Waals surface area contributed by atoms with Gasteiger partial charge in [-0.15, -0.1) is 0 Å². The Kier molecular flexibility index (Phi) is 9.62. The van der Waals surface area contributed by atoms with Crippen LogP contribution >= 0.6 is 0 Å². The molecule has 33 heavy (non-hydrogen) atoms. The smallest absolute Gasteiger partial charge is 0.331 e. The van der Waals surface area contributed by atoms with Crippen molar-refractivity contribution in [3.63, 3.8) is 0 Å². The summed E-state index contributed by atoms with van der Waals surface area (Å²) in [4.78, 5) is 39.1. The highest BCUT2D eigenvalue weighted by molar-refractivity contribution is 5.91. The van der Waals surface area contributed by atoms with E-state index in [0.717, 1.165) is 11.3 Å². The molecule has 9 heteroatoms. The molecule has 0 fully saturated rings. The summed E-state index contributed by atoms with van der Waals surface area (Å²) < 4.78 is 0. The highest BCUT2D eigenvalue weighted by Gasteiger charge is 2.40. The minimum atomic E-state index is -1.04. The van der Waals surface area contributed by atoms with Crippen LogP contribution in [0.15, 0.2) is 35.9 Å². The summed E-state index contributed by atoms with van der Waals surface area (Å²) in [5.41, 5.74) is 3.21. The third kappa shape index (κ3) is 7.30. The van der Waals surface area contributed by atoms with Crippen LogP contribution in [-0.2, 0) is 19.8 Å². The molecule has 184 valence electrons. The number of anilines is 1. The summed E-state index contributed by atoms with van der Waals surface area (Å²) in [6.45, 7) is 11.1. The molecule has 0 bridgehead atoms. The molecule has 0 aliphatic heterocycles.